The van der Waals surface area contributed by atoms with Crippen LogP contribution in [0.1, 0.15) is 0 Å². The highest BCUT2D eigenvalue weighted by Gasteiger charge is 2.26. The first-order valence-corrected chi connectivity index (χ1v) is 4.48. The Morgan fingerprint density at radius 2 is 1.00 bits per heavy atom. The quantitative estimate of drug-likeness (QED) is 0.143. The predicted octanol–water partition coefficient (Wildman–Crippen LogP) is -1.99. The van der Waals surface area contributed by atoms with E-state index in [1.54, 1.807) is 16.3 Å². The number of hydrogen-bond acceptors (Lipinski definition) is 9. The van der Waals surface area contributed by atoms with Gasteiger partial charge in [0.25, 0.3) is 0 Å². The van der Waals surface area contributed by atoms with Crippen LogP contribution in [0.3, 0.4) is 0 Å². The fourth-order valence-corrected chi connectivity index (χ4v) is 1.01. The molecule has 0 heterocycles. The molecule has 0 aliphatic carbocycles. The first-order valence-electron chi connectivity index (χ1n) is 3.39. The molecule has 0 radical (unpaired) electrons. The summed E-state index contributed by atoms with van der Waals surface area (Å²) < 4.78 is 12.8. The second kappa shape index (κ2) is 7.42. The fraction of sp³-hybridized carbons (Fsp3) is 0. The van der Waals surface area contributed by atoms with Gasteiger partial charge in [-0.3, -0.25) is 16.3 Å². The van der Waals surface area contributed by atoms with Crippen LogP contribution in [-0.2, 0) is 13.6 Å². The van der Waals surface area contributed by atoms with Gasteiger partial charge in [0.15, 0.2) is 0 Å². The van der Waals surface area contributed by atoms with Crippen molar-refractivity contribution in [2.75, 3.05) is 0 Å². The average molecular weight is 256 g/mol. The largest absolute Gasteiger partial charge is 0.541 e. The number of carbonyl (C=O) groups is 3. The molecule has 0 aromatic rings. The van der Waals surface area contributed by atoms with Crippen LogP contribution in [0.15, 0.2) is 0 Å². The van der Waals surface area contributed by atoms with Crippen molar-refractivity contribution < 1.29 is 28.0 Å². The van der Waals surface area contributed by atoms with E-state index in [1.807, 2.05) is 0 Å². The third kappa shape index (κ3) is 5.77. The highest BCUT2D eigenvalue weighted by atomic mass is 31.2. The van der Waals surface area contributed by atoms with Crippen molar-refractivity contribution in [3.05, 3.63) is 0 Å². The highest BCUT2D eigenvalue weighted by molar-refractivity contribution is 7.43. The molecular formula is C3H9N6O6P. The summed E-state index contributed by atoms with van der Waals surface area (Å²) in [5.41, 5.74) is 4.64. The standard InChI is InChI=1S/C3H9N6O6P/c4-7-1(10)13-16(14-2(11)8-5)15-3(12)9-6/h4-6H2,(H,7,10)(H,8,11)(H,9,12). The minimum atomic E-state index is -2.67. The van der Waals surface area contributed by atoms with Crippen LogP contribution in [0.5, 0.6) is 0 Å². The van der Waals surface area contributed by atoms with Crippen LogP contribution in [0, 0.1) is 0 Å². The molecule has 0 spiro atoms. The molecule has 13 heteroatoms. The molecule has 0 fully saturated rings. The fourth-order valence-electron chi connectivity index (χ4n) is 0.338. The lowest BCUT2D eigenvalue weighted by molar-refractivity contribution is 0.159. The number of hydrogen-bond donors (Lipinski definition) is 6. The van der Waals surface area contributed by atoms with Crippen LogP contribution in [0.25, 0.3) is 0 Å². The molecule has 12 nitrogen and oxygen atoms in total. The average Bonchev–Trinajstić information content (AvgIpc) is 2.28. The van der Waals surface area contributed by atoms with Gasteiger partial charge in [0.05, 0.1) is 0 Å². The van der Waals surface area contributed by atoms with Crippen molar-refractivity contribution in [2.45, 2.75) is 0 Å². The van der Waals surface area contributed by atoms with Crippen LogP contribution in [0.4, 0.5) is 14.4 Å². The van der Waals surface area contributed by atoms with Crippen LogP contribution >= 0.6 is 8.60 Å². The second-order valence-corrected chi connectivity index (χ2v) is 2.79. The Labute approximate surface area is 89.6 Å². The molecule has 0 atom stereocenters. The maximum Gasteiger partial charge on any atom is 0.541 e. The zero-order chi connectivity index (χ0) is 12.6. The summed E-state index contributed by atoms with van der Waals surface area (Å²) in [5.74, 6) is 14.0. The summed E-state index contributed by atoms with van der Waals surface area (Å²) in [5, 5.41) is 0. The number of rotatable bonds is 3. The molecule has 0 saturated heterocycles. The number of carbonyl (C=O) groups excluding carboxylic acids is 3. The minimum Gasteiger partial charge on any atom is -0.357 e. The molecule has 92 valence electrons. The predicted molar refractivity (Wildman–Crippen MR) is 48.3 cm³/mol. The molecule has 0 saturated carbocycles. The maximum absolute atomic E-state index is 10.6. The summed E-state index contributed by atoms with van der Waals surface area (Å²) in [4.78, 5) is 31.9. The topological polar surface area (TPSA) is 193 Å². The molecule has 3 amide bonds. The van der Waals surface area contributed by atoms with E-state index in [9.17, 15) is 14.4 Å². The lowest BCUT2D eigenvalue weighted by atomic mass is 11.3. The molecule has 0 bridgehead atoms. The van der Waals surface area contributed by atoms with Gasteiger partial charge in [-0.05, 0) is 0 Å². The zero-order valence-corrected chi connectivity index (χ0v) is 8.52. The lowest BCUT2D eigenvalue weighted by Gasteiger charge is -2.13. The number of amides is 3. The van der Waals surface area contributed by atoms with Gasteiger partial charge < -0.3 is 13.6 Å². The molecular weight excluding hydrogens is 247 g/mol. The third-order valence-corrected chi connectivity index (χ3v) is 1.77. The zero-order valence-electron chi connectivity index (χ0n) is 7.63. The van der Waals surface area contributed by atoms with Gasteiger partial charge in [-0.15, -0.1) is 0 Å². The van der Waals surface area contributed by atoms with E-state index in [2.05, 4.69) is 31.1 Å². The van der Waals surface area contributed by atoms with E-state index in [1.165, 1.54) is 0 Å². The van der Waals surface area contributed by atoms with Crippen molar-refractivity contribution in [1.29, 1.82) is 0 Å². The van der Waals surface area contributed by atoms with E-state index in [4.69, 9.17) is 0 Å². The van der Waals surface area contributed by atoms with Gasteiger partial charge in [-0.1, -0.05) is 0 Å². The number of nitrogens with two attached hydrogens (primary N) is 3. The Bertz CT molecular complexity index is 230. The van der Waals surface area contributed by atoms with Gasteiger partial charge in [-0.25, -0.2) is 31.9 Å². The minimum absolute atomic E-state index is 1.19. The van der Waals surface area contributed by atoms with E-state index in [-0.39, 0.29) is 0 Å². The van der Waals surface area contributed by atoms with Crippen LogP contribution in [-0.4, -0.2) is 18.3 Å². The summed E-state index contributed by atoms with van der Waals surface area (Å²) in [6.45, 7) is 0. The summed E-state index contributed by atoms with van der Waals surface area (Å²) in [7, 11) is -2.67. The molecule has 9 N–H and O–H groups in total. The van der Waals surface area contributed by atoms with Crippen LogP contribution < -0.4 is 33.8 Å². The highest BCUT2D eigenvalue weighted by Crippen LogP contribution is 2.39. The molecule has 0 aliphatic heterocycles. The molecule has 16 heavy (non-hydrogen) atoms. The summed E-state index contributed by atoms with van der Waals surface area (Å²) >= 11 is 0. The van der Waals surface area contributed by atoms with Gasteiger partial charge >= 0.3 is 26.9 Å². The number of hydrazine groups is 3. The van der Waals surface area contributed by atoms with Crippen molar-refractivity contribution >= 4 is 26.9 Å². The molecule has 0 aromatic carbocycles. The Kier molecular flexibility index (Phi) is 6.55. The van der Waals surface area contributed by atoms with E-state index in [0.29, 0.717) is 0 Å². The Morgan fingerprint density at radius 1 is 0.750 bits per heavy atom. The second-order valence-electron chi connectivity index (χ2n) is 1.79. The molecule has 0 rings (SSSR count). The van der Waals surface area contributed by atoms with Crippen molar-refractivity contribution in [3.8, 4) is 0 Å². The monoisotopic (exact) mass is 256 g/mol. The third-order valence-electron chi connectivity index (χ3n) is 0.826. The first-order chi connectivity index (χ1) is 7.53. The van der Waals surface area contributed by atoms with Gasteiger partial charge in [0.1, 0.15) is 0 Å². The van der Waals surface area contributed by atoms with E-state index >= 15 is 0 Å². The van der Waals surface area contributed by atoms with Gasteiger partial charge in [0.2, 0.25) is 0 Å². The smallest absolute Gasteiger partial charge is 0.357 e. The molecule has 0 unspecified atom stereocenters. The summed E-state index contributed by atoms with van der Waals surface area (Å²) in [6.07, 6.45) is -3.58. The Morgan fingerprint density at radius 3 is 1.19 bits per heavy atom. The lowest BCUT2D eigenvalue weighted by Crippen LogP contribution is -2.34. The molecule has 0 aliphatic rings. The van der Waals surface area contributed by atoms with Gasteiger partial charge in [0, 0.05) is 0 Å². The summed E-state index contributed by atoms with van der Waals surface area (Å²) in [6, 6.07) is 0. The van der Waals surface area contributed by atoms with Crippen LogP contribution in [0.2, 0.25) is 0 Å². The first kappa shape index (κ1) is 14.1. The molecule has 0 aromatic heterocycles. The van der Waals surface area contributed by atoms with E-state index in [0.717, 1.165) is 0 Å². The Balaban J connectivity index is 4.31. The maximum atomic E-state index is 10.6. The van der Waals surface area contributed by atoms with Gasteiger partial charge in [-0.2, -0.15) is 0 Å². The van der Waals surface area contributed by atoms with Crippen molar-refractivity contribution in [2.24, 2.45) is 17.5 Å². The number of nitrogens with one attached hydrogen (secondary N) is 3. The van der Waals surface area contributed by atoms with E-state index < -0.39 is 26.9 Å². The van der Waals surface area contributed by atoms with Crippen molar-refractivity contribution in [1.82, 2.24) is 16.3 Å². The Hall–Kier alpha value is -1.88. The van der Waals surface area contributed by atoms with Crippen molar-refractivity contribution in [3.63, 3.8) is 0 Å². The normalized spacial score (nSPS) is 9.00. The SMILES string of the molecule is NNC(=O)OP(OC(=O)NN)OC(=O)NN.